The van der Waals surface area contributed by atoms with Gasteiger partial charge in [0.1, 0.15) is 12.4 Å². The smallest absolute Gasteiger partial charge is 0.418 e. The molecule has 0 unspecified atom stereocenters. The van der Waals surface area contributed by atoms with Crippen LogP contribution in [0.2, 0.25) is 5.02 Å². The molecule has 1 aromatic heterocycles. The number of aliphatic hydroxyl groups is 1. The van der Waals surface area contributed by atoms with Crippen LogP contribution < -0.4 is 15.4 Å². The van der Waals surface area contributed by atoms with Gasteiger partial charge >= 0.3 is 12.2 Å². The molecule has 0 amide bonds. The molecule has 0 bridgehead atoms. The lowest BCUT2D eigenvalue weighted by molar-refractivity contribution is -0.139. The summed E-state index contributed by atoms with van der Waals surface area (Å²) in [5.41, 5.74) is 6.35. The third kappa shape index (κ3) is 4.99. The summed E-state index contributed by atoms with van der Waals surface area (Å²) in [5.74, 6) is 0.535. The largest absolute Gasteiger partial charge is 0.461 e. The van der Waals surface area contributed by atoms with Gasteiger partial charge in [-0.3, -0.25) is 4.90 Å². The van der Waals surface area contributed by atoms with Crippen LogP contribution >= 0.6 is 11.6 Å². The molecule has 8 nitrogen and oxygen atoms in total. The number of ether oxygens (including phenoxy) is 2. The first-order valence-electron chi connectivity index (χ1n) is 13.3. The zero-order valence-electron chi connectivity index (χ0n) is 21.7. The molecule has 0 spiro atoms. The standard InChI is InChI=1S/C27H30ClF4N5O3/c28-20-7-16(33)6-18(23(20)27(30,31)32)22-8-21-19(13-39-22)24(36-5-2-17(38)12-36)35-25(34-21)40-14-26-3-1-4-37(26)11-15(9-26)10-29/h6-7,10,17,22,38H,1-5,8-9,11-14,33H2/b15-10-/t17-,22-,26-/m0/s1. The zero-order valence-corrected chi connectivity index (χ0v) is 22.4. The maximum Gasteiger partial charge on any atom is 0.418 e. The number of hydrogen-bond donors (Lipinski definition) is 2. The van der Waals surface area contributed by atoms with E-state index in [1.807, 2.05) is 4.90 Å². The first kappa shape index (κ1) is 27.5. The molecule has 0 radical (unpaired) electrons. The van der Waals surface area contributed by atoms with E-state index in [0.29, 0.717) is 55.9 Å². The van der Waals surface area contributed by atoms with E-state index in [2.05, 4.69) is 14.9 Å². The number of alkyl halides is 3. The summed E-state index contributed by atoms with van der Waals surface area (Å²) >= 11 is 5.99. The van der Waals surface area contributed by atoms with Gasteiger partial charge < -0.3 is 25.2 Å². The van der Waals surface area contributed by atoms with Crippen LogP contribution in [0.3, 0.4) is 0 Å². The number of anilines is 2. The van der Waals surface area contributed by atoms with Gasteiger partial charge in [0, 0.05) is 37.3 Å². The Kier molecular flexibility index (Phi) is 7.09. The summed E-state index contributed by atoms with van der Waals surface area (Å²) in [6, 6.07) is 2.41. The van der Waals surface area contributed by atoms with Crippen LogP contribution in [0.1, 0.15) is 54.2 Å². The first-order chi connectivity index (χ1) is 19.1. The second-order valence-corrected chi connectivity index (χ2v) is 11.5. The van der Waals surface area contributed by atoms with Crippen molar-refractivity contribution in [2.24, 2.45) is 0 Å². The molecule has 1 aromatic carbocycles. The second-order valence-electron chi connectivity index (χ2n) is 11.1. The quantitative estimate of drug-likeness (QED) is 0.390. The lowest BCUT2D eigenvalue weighted by Gasteiger charge is -2.32. The molecule has 3 atom stereocenters. The minimum absolute atomic E-state index is 0.0203. The topological polar surface area (TPSA) is 97.0 Å². The fourth-order valence-corrected chi connectivity index (χ4v) is 6.89. The Morgan fingerprint density at radius 1 is 1.27 bits per heavy atom. The number of halogens is 5. The van der Waals surface area contributed by atoms with Crippen molar-refractivity contribution >= 4 is 23.1 Å². The van der Waals surface area contributed by atoms with E-state index >= 15 is 0 Å². The zero-order chi connectivity index (χ0) is 28.2. The molecule has 5 heterocycles. The summed E-state index contributed by atoms with van der Waals surface area (Å²) in [6.07, 6.45) is -2.58. The Labute approximate surface area is 233 Å². The summed E-state index contributed by atoms with van der Waals surface area (Å²) in [7, 11) is 0. The van der Waals surface area contributed by atoms with Crippen molar-refractivity contribution in [1.29, 1.82) is 0 Å². The Morgan fingerprint density at radius 3 is 2.83 bits per heavy atom. The highest BCUT2D eigenvalue weighted by atomic mass is 35.5. The Hall–Kier alpha value is -2.67. The average Bonchev–Trinajstić information content (AvgIpc) is 3.59. The number of benzene rings is 1. The third-order valence-electron chi connectivity index (χ3n) is 8.41. The van der Waals surface area contributed by atoms with Crippen molar-refractivity contribution in [3.05, 3.63) is 51.4 Å². The van der Waals surface area contributed by atoms with E-state index in [4.69, 9.17) is 26.8 Å². The molecule has 4 aliphatic rings. The number of nitrogen functional groups attached to an aromatic ring is 1. The van der Waals surface area contributed by atoms with Crippen LogP contribution in [-0.2, 0) is 23.9 Å². The van der Waals surface area contributed by atoms with Crippen molar-refractivity contribution in [2.75, 3.05) is 43.4 Å². The average molecular weight is 584 g/mol. The number of fused-ring (bicyclic) bond motifs is 2. The molecule has 0 aliphatic carbocycles. The number of nitrogens with zero attached hydrogens (tertiary/aromatic N) is 4. The van der Waals surface area contributed by atoms with Gasteiger partial charge in [-0.15, -0.1) is 0 Å². The highest BCUT2D eigenvalue weighted by Crippen LogP contribution is 2.45. The molecule has 4 aliphatic heterocycles. The lowest BCUT2D eigenvalue weighted by atomic mass is 9.94. The van der Waals surface area contributed by atoms with Crippen LogP contribution in [0.4, 0.5) is 29.1 Å². The first-order valence-corrected chi connectivity index (χ1v) is 13.7. The predicted molar refractivity (Wildman–Crippen MR) is 140 cm³/mol. The van der Waals surface area contributed by atoms with E-state index in [0.717, 1.165) is 31.0 Å². The number of aromatic nitrogens is 2. The SMILES string of the molecule is Nc1cc(Cl)c(C(F)(F)F)c([C@@H]2Cc3nc(OC[C@@]45CCCN4C/C(=C\F)C5)nc(N4CC[C@H](O)C4)c3CO2)c1. The molecule has 3 saturated heterocycles. The van der Waals surface area contributed by atoms with Gasteiger partial charge in [0.25, 0.3) is 0 Å². The van der Waals surface area contributed by atoms with Gasteiger partial charge in [-0.05, 0) is 55.5 Å². The maximum absolute atomic E-state index is 14.0. The van der Waals surface area contributed by atoms with Gasteiger partial charge in [0.15, 0.2) is 0 Å². The van der Waals surface area contributed by atoms with Crippen LogP contribution in [0.5, 0.6) is 6.01 Å². The molecule has 3 N–H and O–H groups in total. The molecule has 3 fully saturated rings. The molecule has 2 aromatic rings. The Balaban J connectivity index is 1.34. The highest BCUT2D eigenvalue weighted by Gasteiger charge is 2.47. The van der Waals surface area contributed by atoms with Crippen LogP contribution in [0, 0.1) is 0 Å². The molecule has 216 valence electrons. The predicted octanol–water partition coefficient (Wildman–Crippen LogP) is 4.59. The molecule has 0 saturated carbocycles. The normalized spacial score (nSPS) is 27.9. The highest BCUT2D eigenvalue weighted by molar-refractivity contribution is 6.31. The van der Waals surface area contributed by atoms with Crippen molar-refractivity contribution in [3.8, 4) is 6.01 Å². The fourth-order valence-electron chi connectivity index (χ4n) is 6.54. The third-order valence-corrected chi connectivity index (χ3v) is 8.71. The molecule has 13 heteroatoms. The molecular weight excluding hydrogens is 554 g/mol. The number of aliphatic hydroxyl groups excluding tert-OH is 1. The van der Waals surface area contributed by atoms with Crippen LogP contribution in [0.15, 0.2) is 24.0 Å². The van der Waals surface area contributed by atoms with E-state index in [1.165, 1.54) is 6.07 Å². The number of hydrogen-bond acceptors (Lipinski definition) is 8. The van der Waals surface area contributed by atoms with Gasteiger partial charge in [-0.1, -0.05) is 11.6 Å². The summed E-state index contributed by atoms with van der Waals surface area (Å²) in [5, 5.41) is 9.67. The Morgan fingerprint density at radius 2 is 2.10 bits per heavy atom. The second kappa shape index (κ2) is 10.3. The fraction of sp³-hybridized carbons (Fsp3) is 0.556. The van der Waals surface area contributed by atoms with Crippen molar-refractivity contribution in [2.45, 2.75) is 62.6 Å². The number of rotatable bonds is 5. The van der Waals surface area contributed by atoms with Crippen molar-refractivity contribution in [3.63, 3.8) is 0 Å². The van der Waals surface area contributed by atoms with Crippen LogP contribution in [-0.4, -0.2) is 64.4 Å². The number of β-amino-alcohol motifs (C(OH)–C–C–N with tert-alkyl or cyclic N) is 1. The summed E-state index contributed by atoms with van der Waals surface area (Å²) in [4.78, 5) is 13.4. The monoisotopic (exact) mass is 583 g/mol. The van der Waals surface area contributed by atoms with Gasteiger partial charge in [-0.2, -0.15) is 23.1 Å². The van der Waals surface area contributed by atoms with Gasteiger partial charge in [0.05, 0.1) is 47.0 Å². The van der Waals surface area contributed by atoms with Gasteiger partial charge in [0.2, 0.25) is 0 Å². The van der Waals surface area contributed by atoms with E-state index in [-0.39, 0.29) is 42.4 Å². The Bertz CT molecular complexity index is 1340. The minimum atomic E-state index is -4.71. The maximum atomic E-state index is 14.0. The van der Waals surface area contributed by atoms with Crippen molar-refractivity contribution in [1.82, 2.24) is 14.9 Å². The van der Waals surface area contributed by atoms with Crippen molar-refractivity contribution < 1.29 is 32.1 Å². The summed E-state index contributed by atoms with van der Waals surface area (Å²) < 4.78 is 67.4. The van der Waals surface area contributed by atoms with E-state index in [9.17, 15) is 22.7 Å². The lowest BCUT2D eigenvalue weighted by Crippen LogP contribution is -2.43. The minimum Gasteiger partial charge on any atom is -0.461 e. The van der Waals surface area contributed by atoms with E-state index in [1.54, 1.807) is 0 Å². The van der Waals surface area contributed by atoms with Gasteiger partial charge in [-0.25, -0.2) is 4.39 Å². The summed E-state index contributed by atoms with van der Waals surface area (Å²) in [6.45, 7) is 2.55. The number of nitrogens with two attached hydrogens (primary N) is 1. The molecular formula is C27H30ClF4N5O3. The van der Waals surface area contributed by atoms with Crippen LogP contribution in [0.25, 0.3) is 0 Å². The molecule has 6 rings (SSSR count). The van der Waals surface area contributed by atoms with E-state index < -0.39 is 29.0 Å². The molecule has 40 heavy (non-hydrogen) atoms.